The first-order valence-corrected chi connectivity index (χ1v) is 8.27. The Labute approximate surface area is 137 Å². The third-order valence-electron chi connectivity index (χ3n) is 4.86. The zero-order valence-corrected chi connectivity index (χ0v) is 14.2. The van der Waals surface area contributed by atoms with Crippen LogP contribution in [0.15, 0.2) is 18.2 Å². The summed E-state index contributed by atoms with van der Waals surface area (Å²) in [4.78, 5) is 25.7. The van der Waals surface area contributed by atoms with E-state index in [-0.39, 0.29) is 23.6 Å². The molecule has 1 fully saturated rings. The molecule has 1 saturated carbocycles. The molecule has 1 unspecified atom stereocenters. The third-order valence-corrected chi connectivity index (χ3v) is 4.86. The van der Waals surface area contributed by atoms with Gasteiger partial charge in [0.05, 0.1) is 7.11 Å². The first-order valence-electron chi connectivity index (χ1n) is 8.27. The molecule has 2 aliphatic rings. The quantitative estimate of drug-likeness (QED) is 0.616. The molecule has 1 aromatic carbocycles. The van der Waals surface area contributed by atoms with E-state index in [1.165, 1.54) is 0 Å². The van der Waals surface area contributed by atoms with E-state index in [4.69, 9.17) is 9.47 Å². The number of ketones is 1. The van der Waals surface area contributed by atoms with E-state index >= 15 is 0 Å². The van der Waals surface area contributed by atoms with Crippen LogP contribution in [0.3, 0.4) is 0 Å². The molecule has 3 atom stereocenters. The molecule has 2 aliphatic carbocycles. The number of carbonyl (C=O) groups is 2. The SMILES string of the molecule is COc1cccc2c1[C@H]1CCC[C@H]1C(C(=O)OC(C)(C)C)C2=O. The number of rotatable bonds is 2. The van der Waals surface area contributed by atoms with Gasteiger partial charge in [-0.1, -0.05) is 18.6 Å². The number of fused-ring (bicyclic) bond motifs is 3. The maximum atomic E-state index is 13.0. The Balaban J connectivity index is 2.04. The third kappa shape index (κ3) is 2.75. The minimum Gasteiger partial charge on any atom is -0.496 e. The first kappa shape index (κ1) is 16.0. The smallest absolute Gasteiger partial charge is 0.317 e. The van der Waals surface area contributed by atoms with Gasteiger partial charge in [-0.15, -0.1) is 0 Å². The number of Topliss-reactive ketones (excluding diaryl/α,β-unsaturated/α-hetero) is 1. The fraction of sp³-hybridized carbons (Fsp3) is 0.579. The van der Waals surface area contributed by atoms with Gasteiger partial charge >= 0.3 is 5.97 Å². The second-order valence-corrected chi connectivity index (χ2v) is 7.50. The van der Waals surface area contributed by atoms with Gasteiger partial charge in [0.15, 0.2) is 5.78 Å². The molecule has 0 N–H and O–H groups in total. The molecule has 0 saturated heterocycles. The van der Waals surface area contributed by atoms with Crippen molar-refractivity contribution < 1.29 is 19.1 Å². The monoisotopic (exact) mass is 316 g/mol. The van der Waals surface area contributed by atoms with E-state index in [1.54, 1.807) is 7.11 Å². The second-order valence-electron chi connectivity index (χ2n) is 7.50. The highest BCUT2D eigenvalue weighted by Crippen LogP contribution is 2.52. The molecule has 3 rings (SSSR count). The van der Waals surface area contributed by atoms with Crippen LogP contribution in [-0.4, -0.2) is 24.5 Å². The van der Waals surface area contributed by atoms with Crippen LogP contribution < -0.4 is 4.74 Å². The van der Waals surface area contributed by atoms with E-state index in [0.29, 0.717) is 5.56 Å². The average molecular weight is 316 g/mol. The number of methoxy groups -OCH3 is 1. The van der Waals surface area contributed by atoms with Crippen LogP contribution in [0.4, 0.5) is 0 Å². The Hall–Kier alpha value is -1.84. The Morgan fingerprint density at radius 2 is 1.96 bits per heavy atom. The molecule has 1 aromatic rings. The van der Waals surface area contributed by atoms with Crippen LogP contribution in [0.5, 0.6) is 5.75 Å². The minimum atomic E-state index is -0.679. The summed E-state index contributed by atoms with van der Waals surface area (Å²) in [6, 6.07) is 5.53. The highest BCUT2D eigenvalue weighted by Gasteiger charge is 2.50. The summed E-state index contributed by atoms with van der Waals surface area (Å²) in [5, 5.41) is 0. The van der Waals surface area contributed by atoms with Crippen molar-refractivity contribution in [2.24, 2.45) is 11.8 Å². The number of hydrogen-bond donors (Lipinski definition) is 0. The molecule has 124 valence electrons. The van der Waals surface area contributed by atoms with Crippen LogP contribution in [0, 0.1) is 11.8 Å². The molecular formula is C19H24O4. The van der Waals surface area contributed by atoms with Gasteiger partial charge in [-0.25, -0.2) is 0 Å². The van der Waals surface area contributed by atoms with Gasteiger partial charge < -0.3 is 9.47 Å². The van der Waals surface area contributed by atoms with Crippen molar-refractivity contribution in [1.29, 1.82) is 0 Å². The van der Waals surface area contributed by atoms with Crippen molar-refractivity contribution in [2.45, 2.75) is 51.6 Å². The number of benzene rings is 1. The van der Waals surface area contributed by atoms with Gasteiger partial charge in [0.25, 0.3) is 0 Å². The molecule has 0 aliphatic heterocycles. The summed E-state index contributed by atoms with van der Waals surface area (Å²) in [6.07, 6.45) is 2.90. The summed E-state index contributed by atoms with van der Waals surface area (Å²) in [6.45, 7) is 5.50. The molecule has 0 heterocycles. The number of carbonyl (C=O) groups excluding carboxylic acids is 2. The Kier molecular flexibility index (Phi) is 3.95. The van der Waals surface area contributed by atoms with Gasteiger partial charge in [-0.2, -0.15) is 0 Å². The Bertz CT molecular complexity index is 641. The molecule has 0 spiro atoms. The standard InChI is InChI=1S/C19H24O4/c1-19(2,3)23-18(21)16-12-8-5-7-11(12)15-13(17(16)20)9-6-10-14(15)22-4/h6,9-12,16H,5,7-8H2,1-4H3/t11-,12+,16?/m0/s1. The van der Waals surface area contributed by atoms with Crippen molar-refractivity contribution in [1.82, 2.24) is 0 Å². The fourth-order valence-corrected chi connectivity index (χ4v) is 4.07. The van der Waals surface area contributed by atoms with Crippen molar-refractivity contribution in [3.8, 4) is 5.75 Å². The van der Waals surface area contributed by atoms with Crippen LogP contribution in [0.2, 0.25) is 0 Å². The summed E-state index contributed by atoms with van der Waals surface area (Å²) in [5.41, 5.74) is 1.03. The van der Waals surface area contributed by atoms with Gasteiger partial charge in [0, 0.05) is 11.1 Å². The van der Waals surface area contributed by atoms with Crippen LogP contribution in [0.1, 0.15) is 61.9 Å². The molecule has 0 amide bonds. The van der Waals surface area contributed by atoms with Crippen molar-refractivity contribution in [2.75, 3.05) is 7.11 Å². The molecule has 4 heteroatoms. The predicted octanol–water partition coefficient (Wildman–Crippen LogP) is 3.73. The van der Waals surface area contributed by atoms with Crippen molar-refractivity contribution in [3.63, 3.8) is 0 Å². The van der Waals surface area contributed by atoms with E-state index in [0.717, 1.165) is 30.6 Å². The average Bonchev–Trinajstić information content (AvgIpc) is 2.93. The zero-order chi connectivity index (χ0) is 16.8. The van der Waals surface area contributed by atoms with Gasteiger partial charge in [-0.3, -0.25) is 9.59 Å². The van der Waals surface area contributed by atoms with E-state index in [1.807, 2.05) is 39.0 Å². The van der Waals surface area contributed by atoms with Crippen LogP contribution in [0.25, 0.3) is 0 Å². The number of hydrogen-bond acceptors (Lipinski definition) is 4. The predicted molar refractivity (Wildman–Crippen MR) is 86.7 cm³/mol. The fourth-order valence-electron chi connectivity index (χ4n) is 4.07. The maximum absolute atomic E-state index is 13.0. The minimum absolute atomic E-state index is 0.0288. The lowest BCUT2D eigenvalue weighted by molar-refractivity contribution is -0.160. The van der Waals surface area contributed by atoms with Gasteiger partial charge in [0.1, 0.15) is 17.3 Å². The first-order chi connectivity index (χ1) is 10.8. The highest BCUT2D eigenvalue weighted by molar-refractivity contribution is 6.11. The molecule has 4 nitrogen and oxygen atoms in total. The van der Waals surface area contributed by atoms with Gasteiger partial charge in [0.2, 0.25) is 0 Å². The van der Waals surface area contributed by atoms with E-state index in [9.17, 15) is 9.59 Å². The number of ether oxygens (including phenoxy) is 2. The maximum Gasteiger partial charge on any atom is 0.317 e. The van der Waals surface area contributed by atoms with Crippen molar-refractivity contribution in [3.05, 3.63) is 29.3 Å². The lowest BCUT2D eigenvalue weighted by Crippen LogP contribution is -2.41. The molecule has 0 radical (unpaired) electrons. The lowest BCUT2D eigenvalue weighted by atomic mass is 9.69. The molecule has 0 bridgehead atoms. The topological polar surface area (TPSA) is 52.6 Å². The summed E-state index contributed by atoms with van der Waals surface area (Å²) >= 11 is 0. The van der Waals surface area contributed by atoms with Crippen LogP contribution in [-0.2, 0) is 9.53 Å². The Morgan fingerprint density at radius 3 is 2.61 bits per heavy atom. The van der Waals surface area contributed by atoms with Gasteiger partial charge in [-0.05, 0) is 51.5 Å². The summed E-state index contributed by atoms with van der Waals surface area (Å²) < 4.78 is 11.0. The molecular weight excluding hydrogens is 292 g/mol. The van der Waals surface area contributed by atoms with Crippen molar-refractivity contribution >= 4 is 11.8 Å². The Morgan fingerprint density at radius 1 is 1.22 bits per heavy atom. The summed E-state index contributed by atoms with van der Waals surface area (Å²) in [5.74, 6) is -0.182. The highest BCUT2D eigenvalue weighted by atomic mass is 16.6. The van der Waals surface area contributed by atoms with Crippen LogP contribution >= 0.6 is 0 Å². The van der Waals surface area contributed by atoms with E-state index < -0.39 is 11.5 Å². The lowest BCUT2D eigenvalue weighted by Gasteiger charge is -2.35. The normalized spacial score (nSPS) is 26.4. The summed E-state index contributed by atoms with van der Waals surface area (Å²) in [7, 11) is 1.63. The van der Waals surface area contributed by atoms with E-state index in [2.05, 4.69) is 0 Å². The molecule has 0 aromatic heterocycles. The molecule has 23 heavy (non-hydrogen) atoms. The number of esters is 1. The second kappa shape index (κ2) is 5.66. The largest absolute Gasteiger partial charge is 0.496 e. The zero-order valence-electron chi connectivity index (χ0n) is 14.2.